The molecule has 0 saturated carbocycles. The summed E-state index contributed by atoms with van der Waals surface area (Å²) in [5.74, 6) is 0.640. The van der Waals surface area contributed by atoms with E-state index >= 15 is 0 Å². The van der Waals surface area contributed by atoms with E-state index in [9.17, 15) is 4.79 Å². The highest BCUT2D eigenvalue weighted by atomic mass is 16.1. The van der Waals surface area contributed by atoms with Crippen molar-refractivity contribution in [3.05, 3.63) is 47.8 Å². The molecule has 0 aliphatic heterocycles. The van der Waals surface area contributed by atoms with Crippen LogP contribution in [0.15, 0.2) is 36.5 Å². The van der Waals surface area contributed by atoms with Crippen LogP contribution in [0.3, 0.4) is 0 Å². The summed E-state index contributed by atoms with van der Waals surface area (Å²) in [6.07, 6.45) is 3.71. The molecule has 0 fully saturated rings. The van der Waals surface area contributed by atoms with Crippen molar-refractivity contribution >= 4 is 22.6 Å². The molecule has 0 aliphatic carbocycles. The molecule has 0 aliphatic rings. The predicted molar refractivity (Wildman–Crippen MR) is 92.8 cm³/mol. The molecule has 0 bridgehead atoms. The number of hydrogen-bond acceptors (Lipinski definition) is 2. The van der Waals surface area contributed by atoms with Crippen molar-refractivity contribution in [2.24, 2.45) is 0 Å². The normalized spacial score (nSPS) is 11.3. The average Bonchev–Trinajstić information content (AvgIpc) is 3.12. The van der Waals surface area contributed by atoms with Crippen LogP contribution in [-0.4, -0.2) is 20.7 Å². The van der Waals surface area contributed by atoms with Crippen LogP contribution >= 0.6 is 0 Å². The minimum Gasteiger partial charge on any atom is -0.360 e. The first-order valence-corrected chi connectivity index (χ1v) is 8.07. The first-order chi connectivity index (χ1) is 11.1. The summed E-state index contributed by atoms with van der Waals surface area (Å²) >= 11 is 0. The van der Waals surface area contributed by atoms with Crippen LogP contribution in [0, 0.1) is 6.92 Å². The van der Waals surface area contributed by atoms with E-state index in [1.807, 2.05) is 41.9 Å². The fourth-order valence-corrected chi connectivity index (χ4v) is 2.97. The molecule has 3 rings (SSSR count). The Hall–Kier alpha value is -2.56. The van der Waals surface area contributed by atoms with Crippen LogP contribution in [0.4, 0.5) is 5.82 Å². The Labute approximate surface area is 135 Å². The summed E-state index contributed by atoms with van der Waals surface area (Å²) in [7, 11) is 0. The Bertz CT molecular complexity index is 827. The van der Waals surface area contributed by atoms with Gasteiger partial charge >= 0.3 is 0 Å². The molecule has 2 N–H and O–H groups in total. The molecule has 23 heavy (non-hydrogen) atoms. The molecule has 3 aromatic rings. The molecule has 2 aromatic heterocycles. The number of carbonyl (C=O) groups is 1. The van der Waals surface area contributed by atoms with Crippen molar-refractivity contribution < 1.29 is 4.79 Å². The van der Waals surface area contributed by atoms with Gasteiger partial charge < -0.3 is 10.3 Å². The molecule has 5 nitrogen and oxygen atoms in total. The number of H-pyrrole nitrogens is 1. The van der Waals surface area contributed by atoms with E-state index in [-0.39, 0.29) is 5.91 Å². The fourth-order valence-electron chi connectivity index (χ4n) is 2.97. The Morgan fingerprint density at radius 3 is 2.78 bits per heavy atom. The van der Waals surface area contributed by atoms with Gasteiger partial charge in [-0.2, -0.15) is 5.10 Å². The van der Waals surface area contributed by atoms with Crippen molar-refractivity contribution in [1.82, 2.24) is 14.8 Å². The number of benzene rings is 1. The van der Waals surface area contributed by atoms with Gasteiger partial charge in [-0.1, -0.05) is 32.0 Å². The van der Waals surface area contributed by atoms with Gasteiger partial charge in [-0.05, 0) is 25.8 Å². The summed E-state index contributed by atoms with van der Waals surface area (Å²) in [6.45, 7) is 6.22. The van der Waals surface area contributed by atoms with Gasteiger partial charge in [0.2, 0.25) is 0 Å². The van der Waals surface area contributed by atoms with E-state index in [0.29, 0.717) is 11.6 Å². The van der Waals surface area contributed by atoms with Crippen LogP contribution in [0.1, 0.15) is 48.8 Å². The SMILES string of the molecule is CCC(CC)n1nc(C)cc1NC(=O)c1c[nH]c2ccccc12. The number of nitrogens with zero attached hydrogens (tertiary/aromatic N) is 2. The van der Waals surface area contributed by atoms with Crippen molar-refractivity contribution in [2.75, 3.05) is 5.32 Å². The summed E-state index contributed by atoms with van der Waals surface area (Å²) in [5.41, 5.74) is 2.52. The Kier molecular flexibility index (Phi) is 4.19. The second-order valence-electron chi connectivity index (χ2n) is 5.79. The van der Waals surface area contributed by atoms with Crippen molar-refractivity contribution in [3.63, 3.8) is 0 Å². The molecule has 0 radical (unpaired) electrons. The van der Waals surface area contributed by atoms with Gasteiger partial charge in [-0.3, -0.25) is 4.79 Å². The summed E-state index contributed by atoms with van der Waals surface area (Å²) in [6, 6.07) is 10.0. The molecule has 0 spiro atoms. The number of aromatic amines is 1. The van der Waals surface area contributed by atoms with Crippen LogP contribution in [0.5, 0.6) is 0 Å². The third kappa shape index (κ3) is 2.86. The summed E-state index contributed by atoms with van der Waals surface area (Å²) in [4.78, 5) is 15.8. The minimum atomic E-state index is -0.116. The molecule has 1 aromatic carbocycles. The maximum absolute atomic E-state index is 12.7. The maximum Gasteiger partial charge on any atom is 0.258 e. The Morgan fingerprint density at radius 1 is 1.30 bits per heavy atom. The number of hydrogen-bond donors (Lipinski definition) is 2. The Morgan fingerprint density at radius 2 is 2.04 bits per heavy atom. The minimum absolute atomic E-state index is 0.116. The van der Waals surface area contributed by atoms with Crippen molar-refractivity contribution in [2.45, 2.75) is 39.7 Å². The molecule has 120 valence electrons. The zero-order chi connectivity index (χ0) is 16.4. The third-order valence-corrected chi connectivity index (χ3v) is 4.22. The van der Waals surface area contributed by atoms with Gasteiger partial charge in [-0.25, -0.2) is 4.68 Å². The molecular weight excluding hydrogens is 288 g/mol. The molecular formula is C18H22N4O. The summed E-state index contributed by atoms with van der Waals surface area (Å²) in [5, 5.41) is 8.49. The zero-order valence-corrected chi connectivity index (χ0v) is 13.8. The van der Waals surface area contributed by atoms with Crippen molar-refractivity contribution in [3.8, 4) is 0 Å². The average molecular weight is 310 g/mol. The van der Waals surface area contributed by atoms with E-state index in [0.717, 1.165) is 35.3 Å². The number of nitrogens with one attached hydrogen (secondary N) is 2. The van der Waals surface area contributed by atoms with E-state index in [4.69, 9.17) is 0 Å². The number of amides is 1. The lowest BCUT2D eigenvalue weighted by atomic mass is 10.1. The number of rotatable bonds is 5. The monoisotopic (exact) mass is 310 g/mol. The highest BCUT2D eigenvalue weighted by Crippen LogP contribution is 2.24. The highest BCUT2D eigenvalue weighted by Gasteiger charge is 2.17. The molecule has 0 atom stereocenters. The second kappa shape index (κ2) is 6.28. The van der Waals surface area contributed by atoms with Crippen LogP contribution < -0.4 is 5.32 Å². The van der Waals surface area contributed by atoms with E-state index in [1.165, 1.54) is 0 Å². The lowest BCUT2D eigenvalue weighted by molar-refractivity contribution is 0.102. The Balaban J connectivity index is 1.91. The van der Waals surface area contributed by atoms with Crippen LogP contribution in [0.25, 0.3) is 10.9 Å². The molecule has 5 heteroatoms. The van der Waals surface area contributed by atoms with Gasteiger partial charge in [0.25, 0.3) is 5.91 Å². The largest absolute Gasteiger partial charge is 0.360 e. The number of para-hydroxylation sites is 1. The van der Waals surface area contributed by atoms with Gasteiger partial charge in [0.15, 0.2) is 0 Å². The smallest absolute Gasteiger partial charge is 0.258 e. The number of aromatic nitrogens is 3. The molecule has 1 amide bonds. The van der Waals surface area contributed by atoms with Gasteiger partial charge in [0, 0.05) is 23.2 Å². The summed E-state index contributed by atoms with van der Waals surface area (Å²) < 4.78 is 1.93. The topological polar surface area (TPSA) is 62.7 Å². The lowest BCUT2D eigenvalue weighted by Crippen LogP contribution is -2.18. The van der Waals surface area contributed by atoms with Crippen molar-refractivity contribution in [1.29, 1.82) is 0 Å². The van der Waals surface area contributed by atoms with Gasteiger partial charge in [0.1, 0.15) is 5.82 Å². The molecule has 0 saturated heterocycles. The zero-order valence-electron chi connectivity index (χ0n) is 13.8. The molecule has 2 heterocycles. The van der Waals surface area contributed by atoms with E-state index < -0.39 is 0 Å². The predicted octanol–water partition coefficient (Wildman–Crippen LogP) is 4.29. The number of aryl methyl sites for hydroxylation is 1. The maximum atomic E-state index is 12.7. The van der Waals surface area contributed by atoms with Crippen LogP contribution in [-0.2, 0) is 0 Å². The van der Waals surface area contributed by atoms with Gasteiger partial charge in [-0.15, -0.1) is 0 Å². The third-order valence-electron chi connectivity index (χ3n) is 4.22. The van der Waals surface area contributed by atoms with Gasteiger partial charge in [0.05, 0.1) is 17.3 Å². The highest BCUT2D eigenvalue weighted by molar-refractivity contribution is 6.12. The molecule has 0 unspecified atom stereocenters. The standard InChI is InChI=1S/C18H22N4O/c1-4-13(5-2)22-17(10-12(3)21-22)20-18(23)15-11-19-16-9-7-6-8-14(15)16/h6-11,13,19H,4-5H2,1-3H3,(H,20,23). The first-order valence-electron chi connectivity index (χ1n) is 8.07. The lowest BCUT2D eigenvalue weighted by Gasteiger charge is -2.16. The number of fused-ring (bicyclic) bond motifs is 1. The van der Waals surface area contributed by atoms with Crippen LogP contribution in [0.2, 0.25) is 0 Å². The number of carbonyl (C=O) groups excluding carboxylic acids is 1. The first kappa shape index (κ1) is 15.3. The fraction of sp³-hybridized carbons (Fsp3) is 0.333. The second-order valence-corrected chi connectivity index (χ2v) is 5.79. The van der Waals surface area contributed by atoms with E-state index in [1.54, 1.807) is 6.20 Å². The number of anilines is 1. The quantitative estimate of drug-likeness (QED) is 0.738. The van der Waals surface area contributed by atoms with E-state index in [2.05, 4.69) is 29.2 Å².